The lowest BCUT2D eigenvalue weighted by molar-refractivity contribution is 0.479. The van der Waals surface area contributed by atoms with Crippen molar-refractivity contribution in [2.45, 2.75) is 62.2 Å². The van der Waals surface area contributed by atoms with E-state index in [-0.39, 0.29) is 9.79 Å². The minimum Gasteiger partial charge on any atom is -0.282 e. The molecule has 2 N–H and O–H groups in total. The zero-order valence-corrected chi connectivity index (χ0v) is 21.0. The number of hydrogen-bond donors (Lipinski definition) is 2. The molecule has 0 saturated heterocycles. The van der Waals surface area contributed by atoms with Gasteiger partial charge in [-0.05, 0) is 86.8 Å². The van der Waals surface area contributed by atoms with E-state index in [1.807, 2.05) is 38.1 Å². The lowest BCUT2D eigenvalue weighted by Gasteiger charge is -2.10. The summed E-state index contributed by atoms with van der Waals surface area (Å²) in [6.07, 6.45) is 4.14. The normalized spacial score (nSPS) is 12.1. The summed E-state index contributed by atoms with van der Waals surface area (Å²) in [5.41, 5.74) is 5.41. The van der Waals surface area contributed by atoms with Crippen LogP contribution in [0.1, 0.15) is 46.2 Å². The van der Waals surface area contributed by atoms with E-state index in [0.717, 1.165) is 47.9 Å². The Hall–Kier alpha value is -2.52. The van der Waals surface area contributed by atoms with Crippen LogP contribution in [0, 0.1) is 13.8 Å². The van der Waals surface area contributed by atoms with Crippen LogP contribution in [0.3, 0.4) is 0 Å². The van der Waals surface area contributed by atoms with Crippen LogP contribution in [0.5, 0.6) is 0 Å². The van der Waals surface area contributed by atoms with Gasteiger partial charge in [-0.3, -0.25) is 9.11 Å². The predicted molar refractivity (Wildman–Crippen MR) is 132 cm³/mol. The van der Waals surface area contributed by atoms with Crippen LogP contribution in [0.25, 0.3) is 0 Å². The van der Waals surface area contributed by atoms with Gasteiger partial charge >= 0.3 is 0 Å². The van der Waals surface area contributed by atoms with Crippen molar-refractivity contribution in [3.63, 3.8) is 0 Å². The molecule has 182 valence electrons. The molecule has 3 aromatic carbocycles. The first-order chi connectivity index (χ1) is 15.9. The maximum Gasteiger partial charge on any atom is 0.294 e. The molecule has 0 fully saturated rings. The Balaban J connectivity index is 1.55. The fourth-order valence-electron chi connectivity index (χ4n) is 4.15. The maximum absolute atomic E-state index is 11.6. The molecule has 34 heavy (non-hydrogen) atoms. The van der Waals surface area contributed by atoms with Gasteiger partial charge in [0.2, 0.25) is 0 Å². The van der Waals surface area contributed by atoms with E-state index in [9.17, 15) is 25.9 Å². The Morgan fingerprint density at radius 1 is 0.559 bits per heavy atom. The molecule has 0 bridgehead atoms. The molecule has 0 aromatic heterocycles. The van der Waals surface area contributed by atoms with E-state index in [1.165, 1.54) is 12.1 Å². The average Bonchev–Trinajstić information content (AvgIpc) is 2.73. The highest BCUT2D eigenvalue weighted by atomic mass is 32.2. The van der Waals surface area contributed by atoms with Crippen molar-refractivity contribution >= 4 is 20.2 Å². The first-order valence-electron chi connectivity index (χ1n) is 11.2. The van der Waals surface area contributed by atoms with E-state index in [1.54, 1.807) is 24.3 Å². The van der Waals surface area contributed by atoms with Crippen LogP contribution in [0.2, 0.25) is 0 Å². The van der Waals surface area contributed by atoms with Gasteiger partial charge < -0.3 is 0 Å². The van der Waals surface area contributed by atoms with Crippen molar-refractivity contribution < 1.29 is 25.9 Å². The van der Waals surface area contributed by atoms with Gasteiger partial charge in [0.05, 0.1) is 9.79 Å². The van der Waals surface area contributed by atoms with Crippen LogP contribution in [0.15, 0.2) is 70.5 Å². The van der Waals surface area contributed by atoms with Gasteiger partial charge in [0, 0.05) is 0 Å². The zero-order valence-electron chi connectivity index (χ0n) is 19.4. The van der Waals surface area contributed by atoms with E-state index in [4.69, 9.17) is 0 Å². The third-order valence-electron chi connectivity index (χ3n) is 5.83. The molecule has 3 aromatic rings. The molecule has 0 atom stereocenters. The minimum atomic E-state index is -4.24. The first kappa shape index (κ1) is 26.1. The van der Waals surface area contributed by atoms with Crippen molar-refractivity contribution in [3.8, 4) is 0 Å². The van der Waals surface area contributed by atoms with Gasteiger partial charge in [0.15, 0.2) is 0 Å². The molecule has 0 aliphatic heterocycles. The second-order valence-corrected chi connectivity index (χ2v) is 11.5. The fraction of sp³-hybridized carbons (Fsp3) is 0.308. The lowest BCUT2D eigenvalue weighted by Crippen LogP contribution is -2.04. The molecule has 0 unspecified atom stereocenters. The lowest BCUT2D eigenvalue weighted by atomic mass is 9.99. The smallest absolute Gasteiger partial charge is 0.282 e. The Morgan fingerprint density at radius 2 is 0.912 bits per heavy atom. The van der Waals surface area contributed by atoms with Crippen LogP contribution >= 0.6 is 0 Å². The second-order valence-electron chi connectivity index (χ2n) is 8.70. The van der Waals surface area contributed by atoms with E-state index >= 15 is 0 Å². The van der Waals surface area contributed by atoms with Gasteiger partial charge in [-0.15, -0.1) is 0 Å². The monoisotopic (exact) mass is 502 g/mol. The van der Waals surface area contributed by atoms with Crippen molar-refractivity contribution in [1.82, 2.24) is 0 Å². The number of aryl methyl sites for hydroxylation is 6. The molecular weight excluding hydrogens is 472 g/mol. The highest BCUT2D eigenvalue weighted by Crippen LogP contribution is 2.21. The molecule has 3 rings (SSSR count). The highest BCUT2D eigenvalue weighted by Gasteiger charge is 2.16. The summed E-state index contributed by atoms with van der Waals surface area (Å²) in [6, 6.07) is 18.0. The summed E-state index contributed by atoms with van der Waals surface area (Å²) >= 11 is 0. The standard InChI is InChI=1S/C26H30O6S2/c1-19-9-15-25(33(27,28)29)23(17-19)7-3-5-21-11-13-22(14-12-21)6-4-8-24-18-20(2)10-16-26(24)34(30,31)32/h9-18H,3-8H2,1-2H3,(H,27,28,29)(H,30,31,32). The van der Waals surface area contributed by atoms with Gasteiger partial charge in [-0.2, -0.15) is 16.8 Å². The highest BCUT2D eigenvalue weighted by molar-refractivity contribution is 7.86. The summed E-state index contributed by atoms with van der Waals surface area (Å²) < 4.78 is 65.3. The fourth-order valence-corrected chi connectivity index (χ4v) is 5.61. The first-order valence-corrected chi connectivity index (χ1v) is 14.0. The molecule has 0 spiro atoms. The van der Waals surface area contributed by atoms with Crippen molar-refractivity contribution in [2.75, 3.05) is 0 Å². The molecular formula is C26H30O6S2. The third kappa shape index (κ3) is 7.24. The largest absolute Gasteiger partial charge is 0.294 e. The molecule has 0 amide bonds. The Bertz CT molecular complexity index is 1250. The molecule has 0 heterocycles. The number of benzene rings is 3. The van der Waals surface area contributed by atoms with Crippen LogP contribution in [0.4, 0.5) is 0 Å². The molecule has 0 aliphatic carbocycles. The molecule has 0 radical (unpaired) electrons. The quantitative estimate of drug-likeness (QED) is 0.371. The van der Waals surface area contributed by atoms with Crippen molar-refractivity contribution in [3.05, 3.63) is 94.0 Å². The van der Waals surface area contributed by atoms with Gasteiger partial charge in [0.1, 0.15) is 0 Å². The van der Waals surface area contributed by atoms with Crippen molar-refractivity contribution in [2.24, 2.45) is 0 Å². The minimum absolute atomic E-state index is 0.0285. The third-order valence-corrected chi connectivity index (χ3v) is 7.74. The van der Waals surface area contributed by atoms with E-state index < -0.39 is 20.2 Å². The SMILES string of the molecule is Cc1ccc(S(=O)(=O)O)c(CCCc2ccc(CCCc3cc(C)ccc3S(=O)(=O)O)cc2)c1. The Labute approximate surface area is 202 Å². The van der Waals surface area contributed by atoms with Gasteiger partial charge in [0.25, 0.3) is 20.2 Å². The molecule has 8 heteroatoms. The average molecular weight is 503 g/mol. The predicted octanol–water partition coefficient (Wildman–Crippen LogP) is 5.15. The van der Waals surface area contributed by atoms with Crippen molar-refractivity contribution in [1.29, 1.82) is 0 Å². The summed E-state index contributed by atoms with van der Waals surface area (Å²) in [5, 5.41) is 0. The van der Waals surface area contributed by atoms with Crippen LogP contribution < -0.4 is 0 Å². The summed E-state index contributed by atoms with van der Waals surface area (Å²) in [5.74, 6) is 0. The van der Waals surface area contributed by atoms with E-state index in [0.29, 0.717) is 24.0 Å². The Morgan fingerprint density at radius 3 is 1.24 bits per heavy atom. The summed E-state index contributed by atoms with van der Waals surface area (Å²) in [7, 11) is -8.48. The van der Waals surface area contributed by atoms with Crippen LogP contribution in [-0.4, -0.2) is 25.9 Å². The van der Waals surface area contributed by atoms with E-state index in [2.05, 4.69) is 0 Å². The molecule has 6 nitrogen and oxygen atoms in total. The summed E-state index contributed by atoms with van der Waals surface area (Å²) in [4.78, 5) is -0.0570. The zero-order chi connectivity index (χ0) is 24.9. The van der Waals surface area contributed by atoms with Gasteiger partial charge in [-0.1, -0.05) is 59.7 Å². The molecule has 0 saturated carbocycles. The van der Waals surface area contributed by atoms with Gasteiger partial charge in [-0.25, -0.2) is 0 Å². The second kappa shape index (κ2) is 10.8. The molecule has 0 aliphatic rings. The number of hydrogen-bond acceptors (Lipinski definition) is 4. The van der Waals surface area contributed by atoms with Crippen LogP contribution in [-0.2, 0) is 45.9 Å². The maximum atomic E-state index is 11.6. The number of rotatable bonds is 10. The summed E-state index contributed by atoms with van der Waals surface area (Å²) in [6.45, 7) is 3.77. The Kier molecular flexibility index (Phi) is 8.30. The topological polar surface area (TPSA) is 109 Å².